The van der Waals surface area contributed by atoms with E-state index in [1.165, 1.54) is 30.0 Å². The molecular weight excluding hydrogens is 518 g/mol. The highest BCUT2D eigenvalue weighted by Gasteiger charge is 2.23. The summed E-state index contributed by atoms with van der Waals surface area (Å²) in [7, 11) is -1.89. The third kappa shape index (κ3) is 5.48. The van der Waals surface area contributed by atoms with Gasteiger partial charge >= 0.3 is 0 Å². The molecule has 2 aromatic carbocycles. The van der Waals surface area contributed by atoms with Crippen LogP contribution in [0.15, 0.2) is 74.4 Å². The van der Waals surface area contributed by atoms with E-state index >= 15 is 0 Å². The average molecular weight is 545 g/mol. The van der Waals surface area contributed by atoms with Gasteiger partial charge in [0, 0.05) is 32.0 Å². The Morgan fingerprint density at radius 3 is 2.59 bits per heavy atom. The lowest BCUT2D eigenvalue weighted by Crippen LogP contribution is -2.27. The number of furan rings is 1. The molecule has 0 N–H and O–H groups in total. The van der Waals surface area contributed by atoms with Crippen molar-refractivity contribution in [1.29, 1.82) is 0 Å². The second kappa shape index (κ2) is 10.8. The number of benzene rings is 2. The second-order valence-corrected chi connectivity index (χ2v) is 11.8. The number of hydrogen-bond donors (Lipinski definition) is 0. The van der Waals surface area contributed by atoms with E-state index in [0.717, 1.165) is 56.3 Å². The maximum atomic E-state index is 14.1. The second-order valence-electron chi connectivity index (χ2n) is 8.90. The summed E-state index contributed by atoms with van der Waals surface area (Å²) in [5.74, 6) is -0.125. The molecule has 0 aliphatic carbocycles. The van der Waals surface area contributed by atoms with Crippen LogP contribution in [0, 0.1) is 11.6 Å². The van der Waals surface area contributed by atoms with E-state index in [0.29, 0.717) is 11.0 Å². The monoisotopic (exact) mass is 544 g/mol. The summed E-state index contributed by atoms with van der Waals surface area (Å²) >= 11 is 1.55. The van der Waals surface area contributed by atoms with Gasteiger partial charge in [-0.15, -0.1) is 10.2 Å². The summed E-state index contributed by atoms with van der Waals surface area (Å²) in [6, 6.07) is 11.8. The van der Waals surface area contributed by atoms with Crippen LogP contribution >= 0.6 is 11.8 Å². The Kier molecular flexibility index (Phi) is 7.45. The molecule has 0 saturated carbocycles. The first kappa shape index (κ1) is 25.6. The van der Waals surface area contributed by atoms with Crippen molar-refractivity contribution in [2.75, 3.05) is 25.4 Å². The lowest BCUT2D eigenvalue weighted by molar-refractivity contribution is 0.289. The van der Waals surface area contributed by atoms with Crippen molar-refractivity contribution in [3.63, 3.8) is 0 Å². The maximum Gasteiger partial charge on any atom is 0.239 e. The molecule has 194 valence electrons. The molecule has 0 fully saturated rings. The lowest BCUT2D eigenvalue weighted by Gasteiger charge is -2.19. The topological polar surface area (TPSA) is 81.2 Å². The van der Waals surface area contributed by atoms with Gasteiger partial charge < -0.3 is 13.9 Å². The molecule has 1 aliphatic heterocycles. The van der Waals surface area contributed by atoms with Crippen LogP contribution in [-0.4, -0.2) is 53.5 Å². The van der Waals surface area contributed by atoms with Crippen LogP contribution in [-0.2, 0) is 29.7 Å². The van der Waals surface area contributed by atoms with Gasteiger partial charge in [-0.3, -0.25) is 0 Å². The highest BCUT2D eigenvalue weighted by molar-refractivity contribution is 7.99. The number of halogens is 2. The molecule has 0 unspecified atom stereocenters. The van der Waals surface area contributed by atoms with Gasteiger partial charge in [-0.2, -0.15) is 0 Å². The molecule has 0 atom stereocenters. The van der Waals surface area contributed by atoms with Crippen LogP contribution in [0.1, 0.15) is 17.5 Å². The van der Waals surface area contributed by atoms with Crippen molar-refractivity contribution in [3.8, 4) is 11.4 Å². The first-order valence-corrected chi connectivity index (χ1v) is 14.4. The van der Waals surface area contributed by atoms with Crippen LogP contribution < -0.4 is 0 Å². The fourth-order valence-corrected chi connectivity index (χ4v) is 6.52. The Morgan fingerprint density at radius 2 is 1.84 bits per heavy atom. The van der Waals surface area contributed by atoms with E-state index in [4.69, 9.17) is 4.42 Å². The predicted molar refractivity (Wildman–Crippen MR) is 136 cm³/mol. The highest BCUT2D eigenvalue weighted by atomic mass is 32.2. The molecular formula is C26H26F2N4O3S2. The Balaban J connectivity index is 1.15. The molecule has 0 saturated heterocycles. The van der Waals surface area contributed by atoms with Crippen molar-refractivity contribution in [1.82, 2.24) is 19.7 Å². The SMILES string of the molecule is Cn1c(SCCCN2CCc3ccc(S(=O)(=O)c4ccco4)cc3CC2)nnc1-c1ccc(F)cc1F. The van der Waals surface area contributed by atoms with Crippen LogP contribution in [0.4, 0.5) is 8.78 Å². The molecule has 4 aromatic rings. The summed E-state index contributed by atoms with van der Waals surface area (Å²) < 4.78 is 59.8. The predicted octanol–water partition coefficient (Wildman–Crippen LogP) is 4.77. The van der Waals surface area contributed by atoms with Gasteiger partial charge in [0.1, 0.15) is 11.6 Å². The Hall–Kier alpha value is -3.02. The molecule has 5 rings (SSSR count). The molecule has 0 radical (unpaired) electrons. The van der Waals surface area contributed by atoms with E-state index in [2.05, 4.69) is 15.1 Å². The molecule has 0 bridgehead atoms. The number of rotatable bonds is 8. The van der Waals surface area contributed by atoms with Gasteiger partial charge in [0.15, 0.2) is 11.0 Å². The number of fused-ring (bicyclic) bond motifs is 1. The van der Waals surface area contributed by atoms with Gasteiger partial charge in [0.2, 0.25) is 14.9 Å². The van der Waals surface area contributed by atoms with Crippen LogP contribution in [0.25, 0.3) is 11.4 Å². The molecule has 2 aromatic heterocycles. The number of thioether (sulfide) groups is 1. The van der Waals surface area contributed by atoms with Crippen LogP contribution in [0.2, 0.25) is 0 Å². The maximum absolute atomic E-state index is 14.1. The van der Waals surface area contributed by atoms with Gasteiger partial charge in [-0.25, -0.2) is 17.2 Å². The Morgan fingerprint density at radius 1 is 1.03 bits per heavy atom. The molecule has 0 spiro atoms. The largest absolute Gasteiger partial charge is 0.453 e. The van der Waals surface area contributed by atoms with Gasteiger partial charge in [-0.1, -0.05) is 17.8 Å². The number of nitrogens with zero attached hydrogens (tertiary/aromatic N) is 4. The molecule has 37 heavy (non-hydrogen) atoms. The highest BCUT2D eigenvalue weighted by Crippen LogP contribution is 2.27. The Bertz CT molecular complexity index is 1500. The molecule has 0 amide bonds. The zero-order valence-corrected chi connectivity index (χ0v) is 21.9. The fourth-order valence-electron chi connectivity index (χ4n) is 4.47. The minimum atomic E-state index is -3.66. The normalized spacial score (nSPS) is 14.5. The molecule has 11 heteroatoms. The van der Waals surface area contributed by atoms with E-state index in [-0.39, 0.29) is 15.6 Å². The smallest absolute Gasteiger partial charge is 0.239 e. The Labute approximate surface area is 218 Å². The average Bonchev–Trinajstić information content (AvgIpc) is 3.50. The quantitative estimate of drug-likeness (QED) is 0.234. The number of sulfone groups is 1. The van der Waals surface area contributed by atoms with Crippen molar-refractivity contribution >= 4 is 21.6 Å². The number of hydrogen-bond acceptors (Lipinski definition) is 7. The third-order valence-corrected chi connectivity index (χ3v) is 9.24. The summed E-state index contributed by atoms with van der Waals surface area (Å²) in [5, 5.41) is 8.90. The van der Waals surface area contributed by atoms with Crippen molar-refractivity contribution in [3.05, 3.63) is 77.6 Å². The van der Waals surface area contributed by atoms with E-state index in [1.807, 2.05) is 6.07 Å². The van der Waals surface area contributed by atoms with Gasteiger partial charge in [-0.05, 0) is 73.3 Å². The van der Waals surface area contributed by atoms with Crippen molar-refractivity contribution in [2.24, 2.45) is 7.05 Å². The summed E-state index contributed by atoms with van der Waals surface area (Å²) in [6.07, 6.45) is 3.92. The molecule has 3 heterocycles. The minimum Gasteiger partial charge on any atom is -0.453 e. The fraction of sp³-hybridized carbons (Fsp3) is 0.308. The van der Waals surface area contributed by atoms with Crippen LogP contribution in [0.3, 0.4) is 0 Å². The summed E-state index contributed by atoms with van der Waals surface area (Å²) in [5.41, 5.74) is 2.45. The lowest BCUT2D eigenvalue weighted by atomic mass is 10.0. The van der Waals surface area contributed by atoms with Crippen molar-refractivity contribution in [2.45, 2.75) is 34.4 Å². The van der Waals surface area contributed by atoms with E-state index < -0.39 is 21.5 Å². The standard InChI is InChI=1S/C26H26F2N4O3S2/c1-31-25(22-8-6-20(27)17-23(22)28)29-30-26(31)36-15-3-11-32-12-9-18-5-7-21(16-19(18)10-13-32)37(33,34)24-4-2-14-35-24/h2,4-8,14,16-17H,3,9-13,15H2,1H3. The molecule has 7 nitrogen and oxygen atoms in total. The minimum absolute atomic E-state index is 0.0435. The summed E-state index contributed by atoms with van der Waals surface area (Å²) in [6.45, 7) is 2.65. The van der Waals surface area contributed by atoms with Crippen LogP contribution in [0.5, 0.6) is 0 Å². The first-order valence-electron chi connectivity index (χ1n) is 11.9. The zero-order chi connectivity index (χ0) is 26.0. The molecule has 1 aliphatic rings. The van der Waals surface area contributed by atoms with Crippen molar-refractivity contribution < 1.29 is 21.6 Å². The van der Waals surface area contributed by atoms with Gasteiger partial charge in [0.25, 0.3) is 0 Å². The zero-order valence-electron chi connectivity index (χ0n) is 20.2. The van der Waals surface area contributed by atoms with E-state index in [9.17, 15) is 17.2 Å². The first-order chi connectivity index (χ1) is 17.8. The summed E-state index contributed by atoms with van der Waals surface area (Å²) in [4.78, 5) is 2.65. The van der Waals surface area contributed by atoms with Gasteiger partial charge in [0.05, 0.1) is 16.7 Å². The third-order valence-electron chi connectivity index (χ3n) is 6.50. The number of aromatic nitrogens is 3. The van der Waals surface area contributed by atoms with E-state index in [1.54, 1.807) is 41.6 Å².